The molecule has 1 aromatic rings. The minimum atomic E-state index is -0.734. The maximum Gasteiger partial charge on any atom is 0.332 e. The number of halogens is 1. The average molecular weight is 314 g/mol. The van der Waals surface area contributed by atoms with E-state index in [9.17, 15) is 4.79 Å². The van der Waals surface area contributed by atoms with E-state index in [0.29, 0.717) is 35.3 Å². The zero-order valence-corrected chi connectivity index (χ0v) is 12.9. The molecule has 116 valence electrons. The predicted molar refractivity (Wildman–Crippen MR) is 83.3 cm³/mol. The van der Waals surface area contributed by atoms with Crippen molar-refractivity contribution in [3.63, 3.8) is 0 Å². The van der Waals surface area contributed by atoms with E-state index in [2.05, 4.69) is 17.5 Å². The Kier molecular flexibility index (Phi) is 7.39. The van der Waals surface area contributed by atoms with Gasteiger partial charge in [0.2, 0.25) is 0 Å². The van der Waals surface area contributed by atoms with Gasteiger partial charge in [0.15, 0.2) is 11.5 Å². The summed E-state index contributed by atoms with van der Waals surface area (Å²) in [5, 5.41) is 4.11. The number of urea groups is 1. The Morgan fingerprint density at radius 1 is 1.43 bits per heavy atom. The van der Waals surface area contributed by atoms with Crippen molar-refractivity contribution < 1.29 is 14.3 Å². The minimum absolute atomic E-state index is 0.428. The van der Waals surface area contributed by atoms with Crippen molar-refractivity contribution in [1.29, 1.82) is 0 Å². The summed E-state index contributed by atoms with van der Waals surface area (Å²) < 4.78 is 11.2. The highest BCUT2D eigenvalue weighted by molar-refractivity contribution is 6.32. The molecule has 0 aromatic heterocycles. The molecule has 0 bridgehead atoms. The van der Waals surface area contributed by atoms with Gasteiger partial charge in [0.25, 0.3) is 0 Å². The lowest BCUT2D eigenvalue weighted by Gasteiger charge is -2.14. The van der Waals surface area contributed by atoms with Gasteiger partial charge >= 0.3 is 6.03 Å². The number of ether oxygens (including phenoxy) is 2. The fraction of sp³-hybridized carbons (Fsp3) is 0.429. The standard InChI is InChI=1S/C14H20ClN3O3/c1-3-5-6-21-13-11(15)7-10(8-12(13)20-4-2)9-17-18-14(16)19/h7-9H,3-6H2,1-2H3,(H3,16,18,19)/b17-9+. The van der Waals surface area contributed by atoms with Crippen molar-refractivity contribution in [3.8, 4) is 11.5 Å². The molecule has 7 heteroatoms. The first kappa shape index (κ1) is 17.1. The fourth-order valence-electron chi connectivity index (χ4n) is 1.55. The molecule has 0 unspecified atom stereocenters. The van der Waals surface area contributed by atoms with Crippen LogP contribution in [-0.2, 0) is 0 Å². The van der Waals surface area contributed by atoms with Crippen LogP contribution in [0.5, 0.6) is 11.5 Å². The maximum absolute atomic E-state index is 10.6. The van der Waals surface area contributed by atoms with Crippen molar-refractivity contribution in [3.05, 3.63) is 22.7 Å². The first-order valence-corrected chi connectivity index (χ1v) is 7.13. The largest absolute Gasteiger partial charge is 0.490 e. The van der Waals surface area contributed by atoms with E-state index in [1.807, 2.05) is 6.92 Å². The highest BCUT2D eigenvalue weighted by atomic mass is 35.5. The van der Waals surface area contributed by atoms with Crippen LogP contribution in [0, 0.1) is 0 Å². The van der Waals surface area contributed by atoms with Crippen molar-refractivity contribution in [2.24, 2.45) is 10.8 Å². The first-order valence-electron chi connectivity index (χ1n) is 6.76. The molecule has 1 rings (SSSR count). The summed E-state index contributed by atoms with van der Waals surface area (Å²) >= 11 is 6.21. The Labute approximate surface area is 129 Å². The Morgan fingerprint density at radius 2 is 2.19 bits per heavy atom. The lowest BCUT2D eigenvalue weighted by atomic mass is 10.2. The molecule has 0 aliphatic rings. The van der Waals surface area contributed by atoms with Gasteiger partial charge in [-0.1, -0.05) is 24.9 Å². The molecule has 2 amide bonds. The van der Waals surface area contributed by atoms with Gasteiger partial charge < -0.3 is 15.2 Å². The van der Waals surface area contributed by atoms with Crippen molar-refractivity contribution >= 4 is 23.8 Å². The fourth-order valence-corrected chi connectivity index (χ4v) is 1.83. The van der Waals surface area contributed by atoms with Gasteiger partial charge in [0.05, 0.1) is 24.5 Å². The van der Waals surface area contributed by atoms with Crippen LogP contribution in [0.4, 0.5) is 4.79 Å². The number of nitrogens with two attached hydrogens (primary N) is 1. The summed E-state index contributed by atoms with van der Waals surface area (Å²) in [7, 11) is 0. The molecule has 0 radical (unpaired) electrons. The van der Waals surface area contributed by atoms with Crippen LogP contribution in [0.3, 0.4) is 0 Å². The SMILES string of the molecule is CCCCOc1c(Cl)cc(/C=N/NC(N)=O)cc1OCC. The third kappa shape index (κ3) is 5.91. The normalized spacial score (nSPS) is 10.6. The number of hydrazone groups is 1. The number of amides is 2. The van der Waals surface area contributed by atoms with E-state index >= 15 is 0 Å². The summed E-state index contributed by atoms with van der Waals surface area (Å²) in [5.41, 5.74) is 7.70. The summed E-state index contributed by atoms with van der Waals surface area (Å²) in [6, 6.07) is 2.68. The van der Waals surface area contributed by atoms with Gasteiger partial charge in [-0.25, -0.2) is 10.2 Å². The molecule has 6 nitrogen and oxygen atoms in total. The van der Waals surface area contributed by atoms with E-state index in [1.54, 1.807) is 12.1 Å². The number of primary amides is 1. The van der Waals surface area contributed by atoms with Crippen molar-refractivity contribution in [1.82, 2.24) is 5.43 Å². The predicted octanol–water partition coefficient (Wildman–Crippen LogP) is 2.92. The third-order valence-electron chi connectivity index (χ3n) is 2.46. The van der Waals surface area contributed by atoms with Crippen LogP contribution < -0.4 is 20.6 Å². The zero-order valence-electron chi connectivity index (χ0n) is 12.2. The second-order valence-corrected chi connectivity index (χ2v) is 4.61. The lowest BCUT2D eigenvalue weighted by molar-refractivity contribution is 0.249. The molecule has 3 N–H and O–H groups in total. The molecule has 0 aliphatic heterocycles. The number of nitrogens with zero attached hydrogens (tertiary/aromatic N) is 1. The second-order valence-electron chi connectivity index (χ2n) is 4.20. The number of unbranched alkanes of at least 4 members (excludes halogenated alkanes) is 1. The van der Waals surface area contributed by atoms with Crippen molar-refractivity contribution in [2.75, 3.05) is 13.2 Å². The molecule has 0 fully saturated rings. The van der Waals surface area contributed by atoms with Gasteiger partial charge in [-0.05, 0) is 31.0 Å². The number of carbonyl (C=O) groups excluding carboxylic acids is 1. The van der Waals surface area contributed by atoms with Gasteiger partial charge in [-0.2, -0.15) is 5.10 Å². The smallest absolute Gasteiger partial charge is 0.332 e. The summed E-state index contributed by atoms with van der Waals surface area (Å²) in [4.78, 5) is 10.6. The molecule has 0 spiro atoms. The maximum atomic E-state index is 10.6. The molecule has 21 heavy (non-hydrogen) atoms. The highest BCUT2D eigenvalue weighted by Gasteiger charge is 2.12. The van der Waals surface area contributed by atoms with Crippen LogP contribution in [-0.4, -0.2) is 25.5 Å². The summed E-state index contributed by atoms with van der Waals surface area (Å²) in [5.74, 6) is 1.06. The van der Waals surface area contributed by atoms with Crippen LogP contribution in [0.15, 0.2) is 17.2 Å². The molecule has 1 aromatic carbocycles. The third-order valence-corrected chi connectivity index (χ3v) is 2.75. The molecular formula is C14H20ClN3O3. The molecule has 0 saturated heterocycles. The van der Waals surface area contributed by atoms with Crippen LogP contribution in [0.25, 0.3) is 0 Å². The Balaban J connectivity index is 2.94. The number of hydrogen-bond acceptors (Lipinski definition) is 4. The zero-order chi connectivity index (χ0) is 15.7. The number of benzene rings is 1. The van der Waals surface area contributed by atoms with Gasteiger partial charge in [0.1, 0.15) is 0 Å². The second kappa shape index (κ2) is 9.07. The molecule has 0 saturated carbocycles. The first-order chi connectivity index (χ1) is 10.1. The van der Waals surface area contributed by atoms with Gasteiger partial charge in [-0.15, -0.1) is 0 Å². The molecule has 0 atom stereocenters. The van der Waals surface area contributed by atoms with E-state index in [4.69, 9.17) is 26.8 Å². The summed E-state index contributed by atoms with van der Waals surface area (Å²) in [6.07, 6.45) is 3.40. The van der Waals surface area contributed by atoms with Gasteiger partial charge in [0, 0.05) is 0 Å². The average Bonchev–Trinajstić information content (AvgIpc) is 2.42. The monoisotopic (exact) mass is 313 g/mol. The number of rotatable bonds is 8. The summed E-state index contributed by atoms with van der Waals surface area (Å²) in [6.45, 7) is 5.02. The van der Waals surface area contributed by atoms with Crippen molar-refractivity contribution in [2.45, 2.75) is 26.7 Å². The van der Waals surface area contributed by atoms with Crippen LogP contribution in [0.1, 0.15) is 32.3 Å². The van der Waals surface area contributed by atoms with E-state index < -0.39 is 6.03 Å². The van der Waals surface area contributed by atoms with E-state index in [1.165, 1.54) is 6.21 Å². The Hall–Kier alpha value is -1.95. The van der Waals surface area contributed by atoms with Gasteiger partial charge in [-0.3, -0.25) is 0 Å². The van der Waals surface area contributed by atoms with E-state index in [0.717, 1.165) is 12.8 Å². The number of hydrogen-bond donors (Lipinski definition) is 2. The topological polar surface area (TPSA) is 85.9 Å². The minimum Gasteiger partial charge on any atom is -0.490 e. The van der Waals surface area contributed by atoms with E-state index in [-0.39, 0.29) is 0 Å². The number of carbonyl (C=O) groups is 1. The Morgan fingerprint density at radius 3 is 2.81 bits per heavy atom. The Bertz CT molecular complexity index is 506. The molecular weight excluding hydrogens is 294 g/mol. The number of nitrogens with one attached hydrogen (secondary N) is 1. The highest BCUT2D eigenvalue weighted by Crippen LogP contribution is 2.36. The quantitative estimate of drug-likeness (QED) is 0.439. The lowest BCUT2D eigenvalue weighted by Crippen LogP contribution is -2.24. The molecule has 0 heterocycles. The van der Waals surface area contributed by atoms with Crippen LogP contribution in [0.2, 0.25) is 5.02 Å². The van der Waals surface area contributed by atoms with Crippen LogP contribution >= 0.6 is 11.6 Å². The molecule has 0 aliphatic carbocycles.